The van der Waals surface area contributed by atoms with Gasteiger partial charge in [0.15, 0.2) is 0 Å². The van der Waals surface area contributed by atoms with Crippen LogP contribution in [-0.4, -0.2) is 3.21 Å². The number of fused-ring (bicyclic) bond motifs is 3. The molecule has 0 saturated heterocycles. The van der Waals surface area contributed by atoms with Gasteiger partial charge in [-0.2, -0.15) is 35.4 Å². The fourth-order valence-electron chi connectivity index (χ4n) is 4.78. The maximum Gasteiger partial charge on any atom is -0.109 e. The first-order valence-electron chi connectivity index (χ1n) is 14.3. The Morgan fingerprint density at radius 3 is 1.75 bits per heavy atom. The number of hydrogen-bond acceptors (Lipinski definition) is 0. The van der Waals surface area contributed by atoms with Gasteiger partial charge in [0, 0.05) is 0 Å². The van der Waals surface area contributed by atoms with Crippen molar-refractivity contribution in [2.45, 2.75) is 65.2 Å². The predicted molar refractivity (Wildman–Crippen MR) is 193 cm³/mol. The summed E-state index contributed by atoms with van der Waals surface area (Å²) in [6.45, 7) is 13.6. The summed E-state index contributed by atoms with van der Waals surface area (Å²) < 4.78 is 1.26. The molecule has 0 saturated carbocycles. The number of rotatable bonds is 2. The van der Waals surface area contributed by atoms with Crippen LogP contribution in [0.5, 0.6) is 0 Å². The van der Waals surface area contributed by atoms with Crippen molar-refractivity contribution in [2.24, 2.45) is 0 Å². The molecule has 0 bridgehead atoms. The van der Waals surface area contributed by atoms with E-state index in [1.165, 1.54) is 60.8 Å². The molecule has 6 rings (SSSR count). The fraction of sp³-hybridized carbons (Fsp3) is 0.256. The van der Waals surface area contributed by atoms with Gasteiger partial charge in [-0.1, -0.05) is 76.3 Å². The second-order valence-electron chi connectivity index (χ2n) is 12.7. The van der Waals surface area contributed by atoms with Gasteiger partial charge in [-0.3, -0.25) is 6.08 Å². The Hall–Kier alpha value is -1.73. The van der Waals surface area contributed by atoms with E-state index in [4.69, 9.17) is 23.2 Å². The Bertz CT molecular complexity index is 1520. The Kier molecular flexibility index (Phi) is 14.6. The molecule has 2 aliphatic rings. The third-order valence-electron chi connectivity index (χ3n) is 7.34. The van der Waals surface area contributed by atoms with Gasteiger partial charge in [-0.05, 0) is 17.4 Å². The van der Waals surface area contributed by atoms with E-state index < -0.39 is 0 Å². The first kappa shape index (κ1) is 38.5. The average Bonchev–Trinajstić information content (AvgIpc) is 3.63. The molecule has 0 atom stereocenters. The summed E-state index contributed by atoms with van der Waals surface area (Å²) in [5.41, 5.74) is 11.1. The topological polar surface area (TPSA) is 0 Å². The van der Waals surface area contributed by atoms with E-state index in [2.05, 4.69) is 102 Å². The third kappa shape index (κ3) is 10.4. The van der Waals surface area contributed by atoms with Gasteiger partial charge in [-0.15, -0.1) is 36.8 Å². The van der Waals surface area contributed by atoms with Crippen molar-refractivity contribution in [1.29, 1.82) is 0 Å². The largest absolute Gasteiger partial charge is 0.273 e. The van der Waals surface area contributed by atoms with E-state index in [1.807, 2.05) is 48.6 Å². The monoisotopic (exact) mass is 738 g/mol. The molecule has 0 N–H and O–H groups in total. The number of hydrogen-bond donors (Lipinski definition) is 0. The van der Waals surface area contributed by atoms with Gasteiger partial charge in [0.1, 0.15) is 0 Å². The first-order valence-corrected chi connectivity index (χ1v) is 16.3. The molecule has 4 aromatic rings. The van der Waals surface area contributed by atoms with Gasteiger partial charge < -0.3 is 0 Å². The number of halogens is 4. The Morgan fingerprint density at radius 2 is 1.30 bits per heavy atom. The smallest absolute Gasteiger partial charge is 0.109 e. The second kappa shape index (κ2) is 16.7. The van der Waals surface area contributed by atoms with Gasteiger partial charge in [0.05, 0.1) is 0 Å². The first-order chi connectivity index (χ1) is 19.8. The maximum absolute atomic E-state index is 5.98. The zero-order valence-corrected chi connectivity index (χ0v) is 31.8. The molecule has 0 unspecified atom stereocenters. The van der Waals surface area contributed by atoms with E-state index in [9.17, 15) is 0 Å². The number of allylic oxidation sites excluding steroid dienone is 4. The molecule has 4 aromatic carbocycles. The van der Waals surface area contributed by atoms with E-state index in [1.54, 1.807) is 0 Å². The summed E-state index contributed by atoms with van der Waals surface area (Å²) >= 11 is 13.3. The SMILES string of the molecule is CC(C)(C)c1c[c-]c2c(c1)-c1cc(C(C)(C)C)ccc1C2.Cl.Cl.Clc1cccc([C](=[Zr+2])c2cccc(Cl)c2)c1.[C-]1=CC=CC1. The van der Waals surface area contributed by atoms with Crippen LogP contribution in [0.4, 0.5) is 0 Å². The van der Waals surface area contributed by atoms with Crippen LogP contribution in [0.25, 0.3) is 11.1 Å². The standard InChI is InChI=1S/C21H25.C13H8Cl2.C5H5.2ClH.Zr/c1-20(2,3)16-9-7-14-11-15-8-10-17(21(4,5)6)13-19(15)18(14)12-16;14-12-5-1-3-10(8-12)7-11-4-2-6-13(15)9-11;1-2-4-5-3-1;;;/h7,9-10,12-13H,11H2,1-6H3;1-6,8-9H;1-3H,4H2;2*1H;/q-1;;-1;;;+2. The van der Waals surface area contributed by atoms with Crippen LogP contribution >= 0.6 is 48.0 Å². The van der Waals surface area contributed by atoms with Crippen molar-refractivity contribution < 1.29 is 24.2 Å². The molecule has 0 heterocycles. The molecule has 0 amide bonds. The van der Waals surface area contributed by atoms with Crippen LogP contribution in [0.1, 0.15) is 81.3 Å². The van der Waals surface area contributed by atoms with Gasteiger partial charge in [-0.25, -0.2) is 12.2 Å². The summed E-state index contributed by atoms with van der Waals surface area (Å²) in [6.07, 6.45) is 11.0. The average molecular weight is 742 g/mol. The summed E-state index contributed by atoms with van der Waals surface area (Å²) in [5.74, 6) is 0. The van der Waals surface area contributed by atoms with E-state index >= 15 is 0 Å². The molecular formula is C39H40Cl4Zr. The molecule has 44 heavy (non-hydrogen) atoms. The van der Waals surface area contributed by atoms with Gasteiger partial charge in [0.25, 0.3) is 0 Å². The molecular weight excluding hydrogens is 701 g/mol. The Balaban J connectivity index is 0.000000260. The van der Waals surface area contributed by atoms with Crippen molar-refractivity contribution in [2.75, 3.05) is 0 Å². The van der Waals surface area contributed by atoms with E-state index in [0.717, 1.165) is 34.0 Å². The summed E-state index contributed by atoms with van der Waals surface area (Å²) in [6, 6.07) is 30.8. The quantitative estimate of drug-likeness (QED) is 0.158. The normalized spacial score (nSPS) is 12.4. The molecule has 5 heteroatoms. The fourth-order valence-corrected chi connectivity index (χ4v) is 5.92. The van der Waals surface area contributed by atoms with Crippen LogP contribution in [-0.2, 0) is 41.5 Å². The summed E-state index contributed by atoms with van der Waals surface area (Å²) in [4.78, 5) is 0. The zero-order valence-electron chi connectivity index (χ0n) is 26.2. The van der Waals surface area contributed by atoms with E-state index in [-0.39, 0.29) is 35.6 Å². The van der Waals surface area contributed by atoms with Gasteiger partial charge in [0.2, 0.25) is 0 Å². The van der Waals surface area contributed by atoms with Crippen molar-refractivity contribution >= 4 is 51.2 Å². The van der Waals surface area contributed by atoms with Crippen molar-refractivity contribution in [1.82, 2.24) is 0 Å². The minimum absolute atomic E-state index is 0. The Labute approximate surface area is 302 Å². The molecule has 228 valence electrons. The molecule has 0 nitrogen and oxygen atoms in total. The second-order valence-corrected chi connectivity index (χ2v) is 14.8. The van der Waals surface area contributed by atoms with Crippen LogP contribution in [0, 0.1) is 12.1 Å². The molecule has 0 fully saturated rings. The third-order valence-corrected chi connectivity index (χ3v) is 9.23. The predicted octanol–water partition coefficient (Wildman–Crippen LogP) is 11.9. The Morgan fingerprint density at radius 1 is 0.727 bits per heavy atom. The van der Waals surface area contributed by atoms with Crippen LogP contribution in [0.2, 0.25) is 10.0 Å². The van der Waals surface area contributed by atoms with Crippen LogP contribution < -0.4 is 0 Å². The van der Waals surface area contributed by atoms with Gasteiger partial charge >= 0.3 is 120 Å². The van der Waals surface area contributed by atoms with Crippen molar-refractivity contribution in [3.05, 3.63) is 153 Å². The minimum Gasteiger partial charge on any atom is -0.273 e. The summed E-state index contributed by atoms with van der Waals surface area (Å²) in [7, 11) is 0. The van der Waals surface area contributed by atoms with E-state index in [0.29, 0.717) is 0 Å². The molecule has 0 spiro atoms. The maximum atomic E-state index is 5.98. The minimum atomic E-state index is 0. The van der Waals surface area contributed by atoms with Crippen molar-refractivity contribution in [3.63, 3.8) is 0 Å². The van der Waals surface area contributed by atoms with Crippen molar-refractivity contribution in [3.8, 4) is 11.1 Å². The molecule has 0 aliphatic heterocycles. The summed E-state index contributed by atoms with van der Waals surface area (Å²) in [5, 5.41) is 1.53. The van der Waals surface area contributed by atoms with Crippen LogP contribution in [0.15, 0.2) is 97.1 Å². The zero-order chi connectivity index (χ0) is 30.5. The number of benzene rings is 4. The van der Waals surface area contributed by atoms with Crippen LogP contribution in [0.3, 0.4) is 0 Å². The molecule has 2 aliphatic carbocycles. The molecule has 0 aromatic heterocycles. The molecule has 0 radical (unpaired) electrons.